The number of anilines is 1. The summed E-state index contributed by atoms with van der Waals surface area (Å²) in [7, 11) is -0.618. The quantitative estimate of drug-likeness (QED) is 0.895. The average molecular weight is 294 g/mol. The molecule has 1 saturated heterocycles. The first kappa shape index (κ1) is 15.2. The van der Waals surface area contributed by atoms with Crippen LogP contribution in [0.3, 0.4) is 0 Å². The van der Waals surface area contributed by atoms with Gasteiger partial charge in [-0.15, -0.1) is 0 Å². The van der Waals surface area contributed by atoms with Gasteiger partial charge in [-0.05, 0) is 37.5 Å². The van der Waals surface area contributed by atoms with E-state index >= 15 is 0 Å². The van der Waals surface area contributed by atoms with E-state index < -0.39 is 10.8 Å². The SMILES string of the molecule is CC(=O)Nc1cccc(C(C)NC2CCS(=O)CC2)c1. The van der Waals surface area contributed by atoms with Crippen LogP contribution in [0, 0.1) is 0 Å². The van der Waals surface area contributed by atoms with E-state index in [1.807, 2.05) is 18.2 Å². The molecule has 0 saturated carbocycles. The molecule has 0 aliphatic carbocycles. The van der Waals surface area contributed by atoms with E-state index in [1.165, 1.54) is 6.92 Å². The fraction of sp³-hybridized carbons (Fsp3) is 0.533. The molecule has 1 atom stereocenters. The first-order valence-corrected chi connectivity index (χ1v) is 8.52. The Balaban J connectivity index is 1.96. The van der Waals surface area contributed by atoms with Crippen LogP contribution in [-0.4, -0.2) is 27.7 Å². The van der Waals surface area contributed by atoms with Crippen molar-refractivity contribution < 1.29 is 9.00 Å². The summed E-state index contributed by atoms with van der Waals surface area (Å²) in [4.78, 5) is 11.1. The molecule has 20 heavy (non-hydrogen) atoms. The number of benzene rings is 1. The standard InChI is InChI=1S/C15H22N2O2S/c1-11(16-14-6-8-20(19)9-7-14)13-4-3-5-15(10-13)17-12(2)18/h3-5,10-11,14,16H,6-9H2,1-2H3,(H,17,18). The first-order valence-electron chi connectivity index (χ1n) is 7.03. The third-order valence-corrected chi connectivity index (χ3v) is 4.96. The van der Waals surface area contributed by atoms with Crippen molar-refractivity contribution in [2.75, 3.05) is 16.8 Å². The second kappa shape index (κ2) is 6.99. The van der Waals surface area contributed by atoms with Crippen LogP contribution < -0.4 is 10.6 Å². The summed E-state index contributed by atoms with van der Waals surface area (Å²) in [6.07, 6.45) is 1.95. The van der Waals surface area contributed by atoms with Gasteiger partial charge in [-0.25, -0.2) is 0 Å². The molecule has 1 aromatic rings. The zero-order chi connectivity index (χ0) is 14.5. The van der Waals surface area contributed by atoms with E-state index in [1.54, 1.807) is 0 Å². The molecule has 1 aliphatic heterocycles. The number of amides is 1. The van der Waals surface area contributed by atoms with E-state index in [2.05, 4.69) is 23.6 Å². The maximum Gasteiger partial charge on any atom is 0.221 e. The normalized spacial score (nSPS) is 24.1. The monoisotopic (exact) mass is 294 g/mol. The van der Waals surface area contributed by atoms with E-state index in [4.69, 9.17) is 0 Å². The van der Waals surface area contributed by atoms with Crippen molar-refractivity contribution in [1.29, 1.82) is 0 Å². The molecule has 2 N–H and O–H groups in total. The molecule has 0 bridgehead atoms. The molecule has 0 spiro atoms. The summed E-state index contributed by atoms with van der Waals surface area (Å²) in [5.41, 5.74) is 1.98. The van der Waals surface area contributed by atoms with E-state index in [0.29, 0.717) is 6.04 Å². The van der Waals surface area contributed by atoms with E-state index in [9.17, 15) is 9.00 Å². The molecule has 1 aromatic carbocycles. The maximum atomic E-state index is 11.4. The number of nitrogens with one attached hydrogen (secondary N) is 2. The number of carbonyl (C=O) groups is 1. The van der Waals surface area contributed by atoms with Crippen molar-refractivity contribution in [3.63, 3.8) is 0 Å². The Hall–Kier alpha value is -1.20. The van der Waals surface area contributed by atoms with Crippen molar-refractivity contribution in [2.24, 2.45) is 0 Å². The van der Waals surface area contributed by atoms with Gasteiger partial charge >= 0.3 is 0 Å². The number of carbonyl (C=O) groups excluding carboxylic acids is 1. The Labute approximate surface area is 122 Å². The molecule has 1 amide bonds. The lowest BCUT2D eigenvalue weighted by Gasteiger charge is -2.26. The smallest absolute Gasteiger partial charge is 0.221 e. The third-order valence-electron chi connectivity index (χ3n) is 3.58. The summed E-state index contributed by atoms with van der Waals surface area (Å²) < 4.78 is 11.4. The summed E-state index contributed by atoms with van der Waals surface area (Å²) in [5, 5.41) is 6.39. The highest BCUT2D eigenvalue weighted by molar-refractivity contribution is 7.85. The number of hydrogen-bond donors (Lipinski definition) is 2. The first-order chi connectivity index (χ1) is 9.54. The van der Waals surface area contributed by atoms with Gasteiger partial charge in [0.25, 0.3) is 0 Å². The van der Waals surface area contributed by atoms with Crippen LogP contribution in [0.4, 0.5) is 5.69 Å². The minimum Gasteiger partial charge on any atom is -0.326 e. The molecule has 1 fully saturated rings. The molecule has 1 unspecified atom stereocenters. The molecular weight excluding hydrogens is 272 g/mol. The Bertz CT molecular complexity index is 494. The van der Waals surface area contributed by atoms with Crippen LogP contribution in [0.25, 0.3) is 0 Å². The van der Waals surface area contributed by atoms with Gasteiger partial charge in [0.15, 0.2) is 0 Å². The second-order valence-corrected chi connectivity index (χ2v) is 7.01. The molecular formula is C15H22N2O2S. The van der Waals surface area contributed by atoms with Crippen molar-refractivity contribution in [2.45, 2.75) is 38.8 Å². The van der Waals surface area contributed by atoms with Crippen LogP contribution in [0.5, 0.6) is 0 Å². The summed E-state index contributed by atoms with van der Waals surface area (Å²) in [6.45, 7) is 3.63. The van der Waals surface area contributed by atoms with Crippen LogP contribution >= 0.6 is 0 Å². The Kier molecular flexibility index (Phi) is 5.31. The molecule has 110 valence electrons. The van der Waals surface area contributed by atoms with Crippen LogP contribution in [0.1, 0.15) is 38.3 Å². The summed E-state index contributed by atoms with van der Waals surface area (Å²) in [5.74, 6) is 1.55. The molecule has 4 nitrogen and oxygen atoms in total. The van der Waals surface area contributed by atoms with Crippen molar-refractivity contribution in [1.82, 2.24) is 5.32 Å². The highest BCUT2D eigenvalue weighted by Gasteiger charge is 2.19. The lowest BCUT2D eigenvalue weighted by atomic mass is 10.0. The topological polar surface area (TPSA) is 58.2 Å². The fourth-order valence-electron chi connectivity index (χ4n) is 2.50. The Morgan fingerprint density at radius 2 is 2.05 bits per heavy atom. The van der Waals surface area contributed by atoms with Gasteiger partial charge in [-0.2, -0.15) is 0 Å². The largest absolute Gasteiger partial charge is 0.326 e. The molecule has 5 heteroatoms. The molecule has 0 aromatic heterocycles. The van der Waals surface area contributed by atoms with Gasteiger partial charge in [-0.3, -0.25) is 9.00 Å². The molecule has 1 heterocycles. The zero-order valence-electron chi connectivity index (χ0n) is 12.0. The van der Waals surface area contributed by atoms with Gasteiger partial charge in [-0.1, -0.05) is 12.1 Å². The lowest BCUT2D eigenvalue weighted by molar-refractivity contribution is -0.114. The summed E-state index contributed by atoms with van der Waals surface area (Å²) >= 11 is 0. The lowest BCUT2D eigenvalue weighted by Crippen LogP contribution is -2.37. The van der Waals surface area contributed by atoms with Gasteiger partial charge < -0.3 is 10.6 Å². The summed E-state index contributed by atoms with van der Waals surface area (Å²) in [6, 6.07) is 8.56. The van der Waals surface area contributed by atoms with Gasteiger partial charge in [0.05, 0.1) is 0 Å². The van der Waals surface area contributed by atoms with Crippen molar-refractivity contribution in [3.8, 4) is 0 Å². The minimum atomic E-state index is -0.618. The fourth-order valence-corrected chi connectivity index (χ4v) is 3.80. The predicted octanol–water partition coefficient (Wildman–Crippen LogP) is 2.21. The number of hydrogen-bond acceptors (Lipinski definition) is 3. The van der Waals surface area contributed by atoms with E-state index in [0.717, 1.165) is 35.6 Å². The Morgan fingerprint density at radius 3 is 2.70 bits per heavy atom. The van der Waals surface area contributed by atoms with Crippen LogP contribution in [0.2, 0.25) is 0 Å². The maximum absolute atomic E-state index is 11.4. The van der Waals surface area contributed by atoms with E-state index in [-0.39, 0.29) is 11.9 Å². The zero-order valence-corrected chi connectivity index (χ0v) is 12.8. The second-order valence-electron chi connectivity index (χ2n) is 5.32. The highest BCUT2D eigenvalue weighted by atomic mass is 32.2. The Morgan fingerprint density at radius 1 is 1.35 bits per heavy atom. The average Bonchev–Trinajstić information content (AvgIpc) is 2.41. The molecule has 0 radical (unpaired) electrons. The van der Waals surface area contributed by atoms with Crippen LogP contribution in [0.15, 0.2) is 24.3 Å². The minimum absolute atomic E-state index is 0.0578. The van der Waals surface area contributed by atoms with Crippen LogP contribution in [-0.2, 0) is 15.6 Å². The van der Waals surface area contributed by atoms with Crippen molar-refractivity contribution in [3.05, 3.63) is 29.8 Å². The van der Waals surface area contributed by atoms with Gasteiger partial charge in [0, 0.05) is 47.0 Å². The molecule has 1 aliphatic rings. The van der Waals surface area contributed by atoms with Gasteiger partial charge in [0.2, 0.25) is 5.91 Å². The predicted molar refractivity (Wildman–Crippen MR) is 83.2 cm³/mol. The number of rotatable bonds is 4. The van der Waals surface area contributed by atoms with Gasteiger partial charge in [0.1, 0.15) is 0 Å². The highest BCUT2D eigenvalue weighted by Crippen LogP contribution is 2.20. The third kappa shape index (κ3) is 4.42. The van der Waals surface area contributed by atoms with Crippen molar-refractivity contribution >= 4 is 22.4 Å². The molecule has 2 rings (SSSR count).